The molecule has 0 atom stereocenters. The van der Waals surface area contributed by atoms with Crippen LogP contribution in [0.25, 0.3) is 106 Å². The van der Waals surface area contributed by atoms with Crippen molar-refractivity contribution >= 4 is 21.8 Å². The Morgan fingerprint density at radius 3 is 1.30 bits per heavy atom. The summed E-state index contributed by atoms with van der Waals surface area (Å²) >= 11 is 0. The summed E-state index contributed by atoms with van der Waals surface area (Å²) < 4.78 is 2.44. The second kappa shape index (κ2) is 15.5. The van der Waals surface area contributed by atoms with E-state index in [1.165, 1.54) is 49.7 Å². The van der Waals surface area contributed by atoms with Gasteiger partial charge in [-0.2, -0.15) is 0 Å². The third kappa shape index (κ3) is 6.76. The lowest BCUT2D eigenvalue weighted by Gasteiger charge is -2.16. The molecule has 0 aliphatic carbocycles. The van der Waals surface area contributed by atoms with Gasteiger partial charge in [-0.15, -0.1) is 0 Å². The van der Waals surface area contributed by atoms with Crippen molar-refractivity contribution in [2.75, 3.05) is 0 Å². The third-order valence-corrected chi connectivity index (χ3v) is 11.5. The second-order valence-corrected chi connectivity index (χ2v) is 15.2. The Labute approximate surface area is 354 Å². The maximum atomic E-state index is 4.96. The van der Waals surface area contributed by atoms with Crippen LogP contribution in [-0.4, -0.2) is 19.5 Å². The van der Waals surface area contributed by atoms with E-state index in [0.717, 1.165) is 39.0 Å². The molecule has 0 bridgehead atoms. The molecule has 0 radical (unpaired) electrons. The van der Waals surface area contributed by atoms with Crippen molar-refractivity contribution in [1.29, 1.82) is 0 Å². The average Bonchev–Trinajstić information content (AvgIpc) is 3.69. The molecule has 0 fully saturated rings. The largest absolute Gasteiger partial charge is 0.309 e. The first-order valence-corrected chi connectivity index (χ1v) is 20.6. The Balaban J connectivity index is 1.04. The highest BCUT2D eigenvalue weighted by molar-refractivity contribution is 6.15. The predicted octanol–water partition coefficient (Wildman–Crippen LogP) is 14.6. The standard InChI is InChI=1S/C57H38N4/c1-5-18-40(19-6-1)48-28-13-14-29-49(48)46-37-51(41-20-7-2-8-21-41)54-52(38-46)50-30-15-16-31-53(50)61(54)47-27-17-26-45(36-47)39-32-34-44(35-33-39)57-59-55(42-22-9-3-10-23-42)58-56(60-57)43-24-11-4-12-25-43/h1-38H. The van der Waals surface area contributed by atoms with E-state index in [9.17, 15) is 0 Å². The molecule has 9 aromatic carbocycles. The zero-order valence-electron chi connectivity index (χ0n) is 33.2. The molecule has 0 amide bonds. The molecule has 61 heavy (non-hydrogen) atoms. The summed E-state index contributed by atoms with van der Waals surface area (Å²) in [5.74, 6) is 1.93. The molecule has 2 aromatic heterocycles. The Bertz CT molecular complexity index is 3260. The molecule has 0 unspecified atom stereocenters. The minimum atomic E-state index is 0.637. The molecule has 0 N–H and O–H groups in total. The maximum Gasteiger partial charge on any atom is 0.164 e. The van der Waals surface area contributed by atoms with E-state index in [2.05, 4.69) is 174 Å². The fourth-order valence-corrected chi connectivity index (χ4v) is 8.54. The van der Waals surface area contributed by atoms with Crippen LogP contribution in [-0.2, 0) is 0 Å². The van der Waals surface area contributed by atoms with Gasteiger partial charge in [-0.1, -0.05) is 200 Å². The molecular formula is C57H38N4. The Morgan fingerprint density at radius 1 is 0.262 bits per heavy atom. The summed E-state index contributed by atoms with van der Waals surface area (Å²) in [6.07, 6.45) is 0. The molecule has 0 aliphatic rings. The molecule has 2 heterocycles. The van der Waals surface area contributed by atoms with E-state index in [1.807, 2.05) is 60.7 Å². The van der Waals surface area contributed by atoms with Gasteiger partial charge >= 0.3 is 0 Å². The lowest BCUT2D eigenvalue weighted by Crippen LogP contribution is -2.00. The van der Waals surface area contributed by atoms with Crippen molar-refractivity contribution in [3.63, 3.8) is 0 Å². The van der Waals surface area contributed by atoms with E-state index in [0.29, 0.717) is 17.5 Å². The van der Waals surface area contributed by atoms with Crippen LogP contribution in [0.5, 0.6) is 0 Å². The van der Waals surface area contributed by atoms with Crippen LogP contribution in [0.2, 0.25) is 0 Å². The van der Waals surface area contributed by atoms with E-state index in [-0.39, 0.29) is 0 Å². The van der Waals surface area contributed by atoms with E-state index in [1.54, 1.807) is 0 Å². The Hall–Kier alpha value is -8.21. The normalized spacial score (nSPS) is 11.3. The van der Waals surface area contributed by atoms with Gasteiger partial charge in [0.2, 0.25) is 0 Å². The predicted molar refractivity (Wildman–Crippen MR) is 252 cm³/mol. The topological polar surface area (TPSA) is 43.6 Å². The molecule has 0 saturated heterocycles. The summed E-state index contributed by atoms with van der Waals surface area (Å²) in [4.78, 5) is 14.8. The quantitative estimate of drug-likeness (QED) is 0.154. The number of hydrogen-bond acceptors (Lipinski definition) is 3. The molecule has 286 valence electrons. The summed E-state index contributed by atoms with van der Waals surface area (Å²) in [5.41, 5.74) is 15.7. The lowest BCUT2D eigenvalue weighted by molar-refractivity contribution is 1.07. The van der Waals surface area contributed by atoms with Crippen molar-refractivity contribution in [3.05, 3.63) is 231 Å². The first-order chi connectivity index (χ1) is 30.2. The van der Waals surface area contributed by atoms with Gasteiger partial charge in [-0.3, -0.25) is 0 Å². The number of para-hydroxylation sites is 1. The molecule has 4 nitrogen and oxygen atoms in total. The fraction of sp³-hybridized carbons (Fsp3) is 0. The molecular weight excluding hydrogens is 741 g/mol. The SMILES string of the molecule is c1ccc(-c2nc(-c3ccccc3)nc(-c3ccc(-c4cccc(-n5c6ccccc6c6cc(-c7ccccc7-c7ccccc7)cc(-c7ccccc7)c65)c4)cc3)n2)cc1. The highest BCUT2D eigenvalue weighted by Gasteiger charge is 2.20. The highest BCUT2D eigenvalue weighted by atomic mass is 15.0. The first-order valence-electron chi connectivity index (χ1n) is 20.6. The van der Waals surface area contributed by atoms with Gasteiger partial charge in [0.1, 0.15) is 0 Å². The van der Waals surface area contributed by atoms with Gasteiger partial charge in [0, 0.05) is 38.7 Å². The van der Waals surface area contributed by atoms with Crippen molar-refractivity contribution in [1.82, 2.24) is 19.5 Å². The zero-order chi connectivity index (χ0) is 40.5. The molecule has 11 rings (SSSR count). The van der Waals surface area contributed by atoms with Gasteiger partial charge in [-0.05, 0) is 69.3 Å². The Morgan fingerprint density at radius 2 is 0.705 bits per heavy atom. The minimum absolute atomic E-state index is 0.637. The summed E-state index contributed by atoms with van der Waals surface area (Å²) in [5, 5.41) is 2.43. The summed E-state index contributed by atoms with van der Waals surface area (Å²) in [6.45, 7) is 0. The number of fused-ring (bicyclic) bond motifs is 3. The number of nitrogens with zero attached hydrogens (tertiary/aromatic N) is 4. The van der Waals surface area contributed by atoms with E-state index < -0.39 is 0 Å². The number of rotatable bonds is 8. The lowest BCUT2D eigenvalue weighted by atomic mass is 9.91. The first kappa shape index (κ1) is 35.9. The number of hydrogen-bond donors (Lipinski definition) is 0. The third-order valence-electron chi connectivity index (χ3n) is 11.5. The van der Waals surface area contributed by atoms with Crippen LogP contribution >= 0.6 is 0 Å². The van der Waals surface area contributed by atoms with Crippen LogP contribution in [0.3, 0.4) is 0 Å². The van der Waals surface area contributed by atoms with Crippen molar-refractivity contribution < 1.29 is 0 Å². The van der Waals surface area contributed by atoms with Crippen LogP contribution in [0, 0.1) is 0 Å². The highest BCUT2D eigenvalue weighted by Crippen LogP contribution is 2.43. The molecule has 4 heteroatoms. The monoisotopic (exact) mass is 778 g/mol. The second-order valence-electron chi connectivity index (χ2n) is 15.2. The fourth-order valence-electron chi connectivity index (χ4n) is 8.54. The number of benzene rings is 9. The number of aromatic nitrogens is 4. The average molecular weight is 779 g/mol. The molecule has 11 aromatic rings. The molecule has 0 aliphatic heterocycles. The van der Waals surface area contributed by atoms with Crippen LogP contribution in [0.15, 0.2) is 231 Å². The summed E-state index contributed by atoms with van der Waals surface area (Å²) in [7, 11) is 0. The van der Waals surface area contributed by atoms with Crippen LogP contribution < -0.4 is 0 Å². The van der Waals surface area contributed by atoms with Crippen molar-refractivity contribution in [3.8, 4) is 84.4 Å². The molecule has 0 spiro atoms. The van der Waals surface area contributed by atoms with Gasteiger partial charge < -0.3 is 4.57 Å². The Kier molecular flexibility index (Phi) is 9.14. The van der Waals surface area contributed by atoms with Gasteiger partial charge in [0.05, 0.1) is 11.0 Å². The van der Waals surface area contributed by atoms with Crippen LogP contribution in [0.1, 0.15) is 0 Å². The summed E-state index contributed by atoms with van der Waals surface area (Å²) in [6, 6.07) is 81.4. The smallest absolute Gasteiger partial charge is 0.164 e. The van der Waals surface area contributed by atoms with Crippen molar-refractivity contribution in [2.45, 2.75) is 0 Å². The minimum Gasteiger partial charge on any atom is -0.309 e. The van der Waals surface area contributed by atoms with Gasteiger partial charge in [0.25, 0.3) is 0 Å². The van der Waals surface area contributed by atoms with Crippen molar-refractivity contribution in [2.24, 2.45) is 0 Å². The molecule has 0 saturated carbocycles. The van der Waals surface area contributed by atoms with Crippen LogP contribution in [0.4, 0.5) is 0 Å². The maximum absolute atomic E-state index is 4.96. The van der Waals surface area contributed by atoms with E-state index >= 15 is 0 Å². The zero-order valence-corrected chi connectivity index (χ0v) is 33.2. The van der Waals surface area contributed by atoms with E-state index in [4.69, 9.17) is 15.0 Å². The van der Waals surface area contributed by atoms with Gasteiger partial charge in [-0.25, -0.2) is 15.0 Å². The van der Waals surface area contributed by atoms with Gasteiger partial charge in [0.15, 0.2) is 17.5 Å².